The van der Waals surface area contributed by atoms with E-state index in [9.17, 15) is 9.90 Å². The number of benzene rings is 2. The molecule has 0 aromatic heterocycles. The van der Waals surface area contributed by atoms with E-state index in [1.54, 1.807) is 0 Å². The molecule has 1 aliphatic rings. The lowest BCUT2D eigenvalue weighted by atomic mass is 10.1. The normalized spacial score (nSPS) is 16.3. The average Bonchev–Trinajstić information content (AvgIpc) is 2.73. The van der Waals surface area contributed by atoms with Crippen molar-refractivity contribution in [2.75, 3.05) is 38.5 Å². The Bertz CT molecular complexity index is 688. The first-order chi connectivity index (χ1) is 13.2. The second kappa shape index (κ2) is 10.5. The Morgan fingerprint density at radius 1 is 0.963 bits per heavy atom. The molecule has 1 atom stereocenters. The summed E-state index contributed by atoms with van der Waals surface area (Å²) in [5, 5.41) is 10.4. The van der Waals surface area contributed by atoms with Crippen LogP contribution in [0.1, 0.15) is 24.5 Å². The molecule has 5 heteroatoms. The van der Waals surface area contributed by atoms with E-state index in [1.165, 1.54) is 4.90 Å². The summed E-state index contributed by atoms with van der Waals surface area (Å²) in [6.07, 6.45) is 1.06. The number of piperazine rings is 1. The van der Waals surface area contributed by atoms with Crippen LogP contribution >= 0.6 is 11.8 Å². The smallest absolute Gasteiger partial charge is 0.222 e. The van der Waals surface area contributed by atoms with Crippen LogP contribution in [0.15, 0.2) is 65.6 Å². The summed E-state index contributed by atoms with van der Waals surface area (Å²) in [6.45, 7) is 3.79. The van der Waals surface area contributed by atoms with Gasteiger partial charge in [-0.3, -0.25) is 9.69 Å². The summed E-state index contributed by atoms with van der Waals surface area (Å²) in [5.74, 6) is 1.23. The second-order valence-electron chi connectivity index (χ2n) is 6.87. The van der Waals surface area contributed by atoms with Crippen LogP contribution in [0.5, 0.6) is 0 Å². The van der Waals surface area contributed by atoms with Gasteiger partial charge >= 0.3 is 0 Å². The van der Waals surface area contributed by atoms with E-state index in [0.29, 0.717) is 13.0 Å². The summed E-state index contributed by atoms with van der Waals surface area (Å²) < 4.78 is 0. The molecule has 1 unspecified atom stereocenters. The van der Waals surface area contributed by atoms with Crippen molar-refractivity contribution in [1.29, 1.82) is 0 Å². The molecular weight excluding hydrogens is 356 g/mol. The summed E-state index contributed by atoms with van der Waals surface area (Å²) in [6, 6.07) is 20.1. The van der Waals surface area contributed by atoms with E-state index in [-0.39, 0.29) is 5.91 Å². The molecular formula is C22H28N2O2S. The highest BCUT2D eigenvalue weighted by Crippen LogP contribution is 2.19. The topological polar surface area (TPSA) is 43.8 Å². The Morgan fingerprint density at radius 2 is 1.59 bits per heavy atom. The van der Waals surface area contributed by atoms with Crippen molar-refractivity contribution in [3.05, 3.63) is 66.2 Å². The Labute approximate surface area is 166 Å². The van der Waals surface area contributed by atoms with E-state index < -0.39 is 6.10 Å². The number of amides is 1. The molecule has 1 saturated heterocycles. The summed E-state index contributed by atoms with van der Waals surface area (Å²) in [4.78, 5) is 17.9. The molecule has 1 amide bonds. The number of thioether (sulfide) groups is 1. The Hall–Kier alpha value is -1.82. The molecule has 2 aromatic carbocycles. The third-order valence-corrected chi connectivity index (χ3v) is 5.99. The Kier molecular flexibility index (Phi) is 7.75. The highest BCUT2D eigenvalue weighted by molar-refractivity contribution is 7.99. The van der Waals surface area contributed by atoms with Crippen LogP contribution in [0.25, 0.3) is 0 Å². The fourth-order valence-corrected chi connectivity index (χ4v) is 4.17. The molecule has 0 saturated carbocycles. The maximum absolute atomic E-state index is 12.4. The fraction of sp³-hybridized carbons (Fsp3) is 0.409. The van der Waals surface area contributed by atoms with Crippen molar-refractivity contribution >= 4 is 17.7 Å². The van der Waals surface area contributed by atoms with E-state index >= 15 is 0 Å². The first kappa shape index (κ1) is 19.9. The van der Waals surface area contributed by atoms with E-state index in [4.69, 9.17) is 0 Å². The standard InChI is InChI=1S/C22H28N2O2S/c25-21(19-8-3-1-4-9-19)18-23-13-15-24(16-14-23)22(26)12-7-17-27-20-10-5-2-6-11-20/h1-6,8-11,21,25H,7,12-18H2. The zero-order valence-corrected chi connectivity index (χ0v) is 16.5. The minimum atomic E-state index is -0.469. The molecule has 27 heavy (non-hydrogen) atoms. The SMILES string of the molecule is O=C(CCCSc1ccccc1)N1CCN(CC(O)c2ccccc2)CC1. The molecule has 1 N–H and O–H groups in total. The zero-order chi connectivity index (χ0) is 18.9. The number of carbonyl (C=O) groups excluding carboxylic acids is 1. The number of hydrogen-bond acceptors (Lipinski definition) is 4. The third-order valence-electron chi connectivity index (χ3n) is 4.89. The van der Waals surface area contributed by atoms with E-state index in [2.05, 4.69) is 17.0 Å². The van der Waals surface area contributed by atoms with Crippen molar-refractivity contribution in [2.45, 2.75) is 23.8 Å². The molecule has 0 bridgehead atoms. The van der Waals surface area contributed by atoms with Gasteiger partial charge in [0, 0.05) is 44.0 Å². The van der Waals surface area contributed by atoms with Gasteiger partial charge < -0.3 is 10.0 Å². The Balaban J connectivity index is 1.33. The van der Waals surface area contributed by atoms with E-state index in [0.717, 1.165) is 43.9 Å². The molecule has 3 rings (SSSR count). The van der Waals surface area contributed by atoms with Crippen molar-refractivity contribution in [2.24, 2.45) is 0 Å². The second-order valence-corrected chi connectivity index (χ2v) is 8.04. The minimum absolute atomic E-state index is 0.256. The molecule has 2 aromatic rings. The Morgan fingerprint density at radius 3 is 2.26 bits per heavy atom. The van der Waals surface area contributed by atoms with Crippen molar-refractivity contribution in [3.8, 4) is 0 Å². The lowest BCUT2D eigenvalue weighted by Gasteiger charge is -2.35. The van der Waals surface area contributed by atoms with Gasteiger partial charge in [0.05, 0.1) is 6.10 Å². The molecule has 0 radical (unpaired) electrons. The number of β-amino-alcohol motifs (C(OH)–C–C–N with tert-alkyl or cyclic N) is 1. The average molecular weight is 385 g/mol. The van der Waals surface area contributed by atoms with Crippen LogP contribution in [0.2, 0.25) is 0 Å². The van der Waals surface area contributed by atoms with Crippen LogP contribution in [-0.2, 0) is 4.79 Å². The summed E-state index contributed by atoms with van der Waals surface area (Å²) >= 11 is 1.81. The van der Waals surface area contributed by atoms with Crippen LogP contribution in [-0.4, -0.2) is 59.3 Å². The number of aliphatic hydroxyl groups excluding tert-OH is 1. The highest BCUT2D eigenvalue weighted by atomic mass is 32.2. The van der Waals surface area contributed by atoms with Gasteiger partial charge in [-0.05, 0) is 29.9 Å². The van der Waals surface area contributed by atoms with E-state index in [1.807, 2.05) is 65.2 Å². The molecule has 1 heterocycles. The van der Waals surface area contributed by atoms with Crippen LogP contribution < -0.4 is 0 Å². The molecule has 0 aliphatic carbocycles. The van der Waals surface area contributed by atoms with Gasteiger partial charge in [0.2, 0.25) is 5.91 Å². The maximum Gasteiger partial charge on any atom is 0.222 e. The third kappa shape index (κ3) is 6.38. The molecule has 0 spiro atoms. The monoisotopic (exact) mass is 384 g/mol. The van der Waals surface area contributed by atoms with Gasteiger partial charge in [0.1, 0.15) is 0 Å². The lowest BCUT2D eigenvalue weighted by molar-refractivity contribution is -0.133. The number of rotatable bonds is 8. The van der Waals surface area contributed by atoms with Gasteiger partial charge in [0.25, 0.3) is 0 Å². The molecule has 4 nitrogen and oxygen atoms in total. The zero-order valence-electron chi connectivity index (χ0n) is 15.7. The largest absolute Gasteiger partial charge is 0.387 e. The first-order valence-corrected chi connectivity index (χ1v) is 10.6. The molecule has 1 fully saturated rings. The van der Waals surface area contributed by atoms with Crippen molar-refractivity contribution < 1.29 is 9.90 Å². The quantitative estimate of drug-likeness (QED) is 0.559. The number of carbonyl (C=O) groups is 1. The number of aliphatic hydroxyl groups is 1. The predicted molar refractivity (Wildman–Crippen MR) is 111 cm³/mol. The number of nitrogens with zero attached hydrogens (tertiary/aromatic N) is 2. The van der Waals surface area contributed by atoms with Gasteiger partial charge in [-0.25, -0.2) is 0 Å². The minimum Gasteiger partial charge on any atom is -0.387 e. The first-order valence-electron chi connectivity index (χ1n) is 9.63. The fourth-order valence-electron chi connectivity index (χ4n) is 3.29. The van der Waals surface area contributed by atoms with Gasteiger partial charge in [0.15, 0.2) is 0 Å². The van der Waals surface area contributed by atoms with Crippen LogP contribution in [0, 0.1) is 0 Å². The maximum atomic E-state index is 12.4. The van der Waals surface area contributed by atoms with Gasteiger partial charge in [-0.2, -0.15) is 0 Å². The van der Waals surface area contributed by atoms with Gasteiger partial charge in [-0.15, -0.1) is 11.8 Å². The summed E-state index contributed by atoms with van der Waals surface area (Å²) in [5.41, 5.74) is 0.951. The highest BCUT2D eigenvalue weighted by Gasteiger charge is 2.22. The van der Waals surface area contributed by atoms with Crippen molar-refractivity contribution in [3.63, 3.8) is 0 Å². The predicted octanol–water partition coefficient (Wildman–Crippen LogP) is 3.44. The molecule has 1 aliphatic heterocycles. The number of hydrogen-bond donors (Lipinski definition) is 1. The van der Waals surface area contributed by atoms with Gasteiger partial charge in [-0.1, -0.05) is 48.5 Å². The summed E-state index contributed by atoms with van der Waals surface area (Å²) in [7, 11) is 0. The molecule has 144 valence electrons. The lowest BCUT2D eigenvalue weighted by Crippen LogP contribution is -2.49. The van der Waals surface area contributed by atoms with Crippen LogP contribution in [0.3, 0.4) is 0 Å². The van der Waals surface area contributed by atoms with Crippen molar-refractivity contribution in [1.82, 2.24) is 9.80 Å². The van der Waals surface area contributed by atoms with Crippen LogP contribution in [0.4, 0.5) is 0 Å².